The number of para-hydroxylation sites is 2. The van der Waals surface area contributed by atoms with E-state index >= 15 is 0 Å². The van der Waals surface area contributed by atoms with Gasteiger partial charge in [-0.05, 0) is 17.7 Å². The zero-order valence-corrected chi connectivity index (χ0v) is 10.5. The number of benzene rings is 2. The fourth-order valence-corrected chi connectivity index (χ4v) is 2.22. The second-order valence-electron chi connectivity index (χ2n) is 4.01. The zero-order chi connectivity index (χ0) is 11.7. The van der Waals surface area contributed by atoms with Gasteiger partial charge in [0.15, 0.2) is 0 Å². The van der Waals surface area contributed by atoms with Crippen molar-refractivity contribution in [2.24, 2.45) is 0 Å². The summed E-state index contributed by atoms with van der Waals surface area (Å²) in [7, 11) is 2.46. The van der Waals surface area contributed by atoms with Crippen LogP contribution in [0.15, 0.2) is 48.5 Å². The van der Waals surface area contributed by atoms with Gasteiger partial charge < -0.3 is 9.31 Å². The first-order valence-electron chi connectivity index (χ1n) is 5.58. The van der Waals surface area contributed by atoms with E-state index in [1.165, 1.54) is 5.56 Å². The third-order valence-electron chi connectivity index (χ3n) is 2.80. The van der Waals surface area contributed by atoms with E-state index in [1.807, 2.05) is 42.5 Å². The monoisotopic (exact) mass is 242 g/mol. The lowest BCUT2D eigenvalue weighted by atomic mass is 9.84. The van der Waals surface area contributed by atoms with Crippen LogP contribution in [-0.4, -0.2) is 7.12 Å². The van der Waals surface area contributed by atoms with Gasteiger partial charge in [0.25, 0.3) is 0 Å². The van der Waals surface area contributed by atoms with Gasteiger partial charge in [0, 0.05) is 11.6 Å². The van der Waals surface area contributed by atoms with Gasteiger partial charge in [-0.1, -0.05) is 36.4 Å². The summed E-state index contributed by atoms with van der Waals surface area (Å²) in [6.07, 6.45) is 0.801. The van der Waals surface area contributed by atoms with Gasteiger partial charge in [-0.25, -0.2) is 0 Å². The van der Waals surface area contributed by atoms with Crippen LogP contribution in [0.25, 0.3) is 0 Å². The Hall–Kier alpha value is -1.47. The molecule has 0 saturated heterocycles. The van der Waals surface area contributed by atoms with Crippen LogP contribution in [-0.2, 0) is 6.32 Å². The van der Waals surface area contributed by atoms with Crippen LogP contribution in [0.5, 0.6) is 11.5 Å². The highest BCUT2D eigenvalue weighted by Crippen LogP contribution is 2.27. The largest absolute Gasteiger partial charge is 0.599 e. The van der Waals surface area contributed by atoms with Crippen molar-refractivity contribution in [1.82, 2.24) is 0 Å². The Labute approximate surface area is 103 Å². The van der Waals surface area contributed by atoms with Crippen LogP contribution in [0.1, 0.15) is 5.56 Å². The minimum absolute atomic E-state index is 0.214. The first-order valence-corrected chi connectivity index (χ1v) is 6.16. The highest BCUT2D eigenvalue weighted by atomic mass is 31.0. The first-order chi connectivity index (χ1) is 8.33. The van der Waals surface area contributed by atoms with Crippen molar-refractivity contribution in [2.75, 3.05) is 0 Å². The highest BCUT2D eigenvalue weighted by molar-refractivity contribution is 7.27. The summed E-state index contributed by atoms with van der Waals surface area (Å²) in [5.74, 6) is 1.79. The Morgan fingerprint density at radius 3 is 2.65 bits per heavy atom. The molecule has 2 aromatic rings. The number of fused-ring (bicyclic) bond motifs is 1. The van der Waals surface area contributed by atoms with E-state index in [2.05, 4.69) is 15.3 Å². The van der Waals surface area contributed by atoms with Crippen molar-refractivity contribution in [1.29, 1.82) is 0 Å². The van der Waals surface area contributed by atoms with Crippen molar-refractivity contribution in [3.8, 4) is 11.5 Å². The van der Waals surface area contributed by atoms with Crippen LogP contribution < -0.4 is 14.6 Å². The molecule has 0 aliphatic carbocycles. The lowest BCUT2D eigenvalue weighted by Crippen LogP contribution is -2.29. The SMILES string of the molecule is Pc1ccccc1OB1Cc2ccccc2O1. The molecule has 2 nitrogen and oxygen atoms in total. The zero-order valence-electron chi connectivity index (χ0n) is 9.30. The summed E-state index contributed by atoms with van der Waals surface area (Å²) < 4.78 is 11.6. The first kappa shape index (κ1) is 10.7. The van der Waals surface area contributed by atoms with Gasteiger partial charge >= 0.3 is 7.12 Å². The molecular weight excluding hydrogens is 230 g/mol. The minimum atomic E-state index is -0.214. The maximum absolute atomic E-state index is 5.85. The van der Waals surface area contributed by atoms with E-state index in [9.17, 15) is 0 Å². The Morgan fingerprint density at radius 2 is 1.82 bits per heavy atom. The van der Waals surface area contributed by atoms with E-state index in [4.69, 9.17) is 9.31 Å². The van der Waals surface area contributed by atoms with E-state index < -0.39 is 0 Å². The van der Waals surface area contributed by atoms with Gasteiger partial charge in [-0.15, -0.1) is 9.24 Å². The Balaban J connectivity index is 1.76. The average Bonchev–Trinajstić information content (AvgIpc) is 2.74. The molecule has 2 aromatic carbocycles. The van der Waals surface area contributed by atoms with E-state index in [-0.39, 0.29) is 7.12 Å². The molecule has 3 rings (SSSR count). The normalized spacial score (nSPS) is 13.1. The van der Waals surface area contributed by atoms with E-state index in [1.54, 1.807) is 0 Å². The number of rotatable bonds is 2. The van der Waals surface area contributed by atoms with Crippen molar-refractivity contribution >= 4 is 21.7 Å². The Kier molecular flexibility index (Phi) is 2.78. The molecule has 1 aliphatic rings. The summed E-state index contributed by atoms with van der Waals surface area (Å²) >= 11 is 0. The molecule has 4 heteroatoms. The average molecular weight is 242 g/mol. The molecule has 0 radical (unpaired) electrons. The maximum atomic E-state index is 5.85. The molecule has 0 N–H and O–H groups in total. The van der Waals surface area contributed by atoms with Gasteiger partial charge in [-0.2, -0.15) is 0 Å². The summed E-state index contributed by atoms with van der Waals surface area (Å²) in [4.78, 5) is 0. The van der Waals surface area contributed by atoms with Crippen molar-refractivity contribution in [3.63, 3.8) is 0 Å². The quantitative estimate of drug-likeness (QED) is 0.593. The van der Waals surface area contributed by atoms with Crippen molar-refractivity contribution in [3.05, 3.63) is 54.1 Å². The molecule has 0 fully saturated rings. The van der Waals surface area contributed by atoms with Gasteiger partial charge in [0.1, 0.15) is 11.5 Å². The predicted molar refractivity (Wildman–Crippen MR) is 72.9 cm³/mol. The van der Waals surface area contributed by atoms with Crippen LogP contribution in [0.4, 0.5) is 0 Å². The second kappa shape index (κ2) is 4.42. The molecule has 0 amide bonds. The molecule has 1 heterocycles. The third-order valence-corrected chi connectivity index (χ3v) is 3.27. The fraction of sp³-hybridized carbons (Fsp3) is 0.0769. The molecule has 1 atom stereocenters. The molecule has 0 aromatic heterocycles. The van der Waals surface area contributed by atoms with Gasteiger partial charge in [0.05, 0.1) is 0 Å². The van der Waals surface area contributed by atoms with Gasteiger partial charge in [0.2, 0.25) is 0 Å². The molecular formula is C13H12BO2P. The lowest BCUT2D eigenvalue weighted by Gasteiger charge is -2.11. The molecule has 84 valence electrons. The van der Waals surface area contributed by atoms with Crippen LogP contribution in [0, 0.1) is 0 Å². The van der Waals surface area contributed by atoms with E-state index in [0.717, 1.165) is 23.1 Å². The minimum Gasteiger partial charge on any atom is -0.525 e. The Morgan fingerprint density at radius 1 is 1.06 bits per heavy atom. The van der Waals surface area contributed by atoms with Crippen LogP contribution >= 0.6 is 9.24 Å². The summed E-state index contributed by atoms with van der Waals surface area (Å²) in [6.45, 7) is 0. The molecule has 0 spiro atoms. The lowest BCUT2D eigenvalue weighted by molar-refractivity contribution is 0.440. The second-order valence-corrected chi connectivity index (χ2v) is 4.64. The smallest absolute Gasteiger partial charge is 0.525 e. The predicted octanol–water partition coefficient (Wildman–Crippen LogP) is 2.23. The molecule has 17 heavy (non-hydrogen) atoms. The van der Waals surface area contributed by atoms with Crippen molar-refractivity contribution < 1.29 is 9.31 Å². The molecule has 0 bridgehead atoms. The fourth-order valence-electron chi connectivity index (χ4n) is 1.95. The number of hydrogen-bond acceptors (Lipinski definition) is 2. The van der Waals surface area contributed by atoms with Gasteiger partial charge in [-0.3, -0.25) is 0 Å². The van der Waals surface area contributed by atoms with E-state index in [0.29, 0.717) is 0 Å². The number of hydrogen-bond donors (Lipinski definition) is 0. The topological polar surface area (TPSA) is 18.5 Å². The highest BCUT2D eigenvalue weighted by Gasteiger charge is 2.32. The third kappa shape index (κ3) is 2.16. The summed E-state index contributed by atoms with van der Waals surface area (Å²) in [5, 5.41) is 1.05. The molecule has 0 saturated carbocycles. The summed E-state index contributed by atoms with van der Waals surface area (Å²) in [6, 6.07) is 16.0. The summed E-state index contributed by atoms with van der Waals surface area (Å²) in [5.41, 5.74) is 1.21. The van der Waals surface area contributed by atoms with Crippen molar-refractivity contribution in [2.45, 2.75) is 6.32 Å². The Bertz CT molecular complexity index is 519. The van der Waals surface area contributed by atoms with Crippen LogP contribution in [0.2, 0.25) is 0 Å². The maximum Gasteiger partial charge on any atom is 0.599 e. The van der Waals surface area contributed by atoms with Crippen LogP contribution in [0.3, 0.4) is 0 Å². The molecule has 1 unspecified atom stereocenters. The standard InChI is InChI=1S/C13H12BO2P/c17-13-8-4-3-7-12(13)16-14-9-10-5-1-2-6-11(10)15-14/h1-8H,9,17H2. The molecule has 1 aliphatic heterocycles.